The molecule has 0 bridgehead atoms. The Labute approximate surface area is 113 Å². The van der Waals surface area contributed by atoms with Gasteiger partial charge in [-0.25, -0.2) is 0 Å². The zero-order valence-electron chi connectivity index (χ0n) is 12.7. The second-order valence-corrected chi connectivity index (χ2v) is 6.87. The third kappa shape index (κ3) is 4.24. The second kappa shape index (κ2) is 6.91. The molecule has 2 atom stereocenters. The number of hydrogen-bond acceptors (Lipinski definition) is 2. The molecule has 2 N–H and O–H groups in total. The Bertz CT molecular complexity index is 229. The number of hydrogen-bond donors (Lipinski definition) is 2. The normalized spacial score (nSPS) is 29.0. The van der Waals surface area contributed by atoms with Crippen LogP contribution in [0.1, 0.15) is 72.6 Å². The van der Waals surface area contributed by atoms with Crippen LogP contribution in [0.3, 0.4) is 0 Å². The molecule has 0 saturated heterocycles. The molecular weight excluding hydrogens is 224 g/mol. The predicted octanol–water partition coefficient (Wildman–Crippen LogP) is 3.75. The van der Waals surface area contributed by atoms with Crippen LogP contribution in [-0.2, 0) is 0 Å². The lowest BCUT2D eigenvalue weighted by molar-refractivity contribution is 0.0314. The molecular formula is C16H32O2. The number of aliphatic hydroxyl groups excluding tert-OH is 2. The molecule has 1 fully saturated rings. The SMILES string of the molecule is CCC(O)CCC(C)C(C)(C)C1CCC(O)CC1. The standard InChI is InChI=1S/C16H32O2/c1-5-14(17)9-6-12(2)16(3,4)13-7-10-15(18)11-8-13/h12-15,17-18H,5-11H2,1-4H3. The summed E-state index contributed by atoms with van der Waals surface area (Å²) in [6.07, 6.45) is 6.98. The molecule has 0 aromatic rings. The Morgan fingerprint density at radius 3 is 2.17 bits per heavy atom. The van der Waals surface area contributed by atoms with E-state index in [9.17, 15) is 10.2 Å². The van der Waals surface area contributed by atoms with E-state index in [2.05, 4.69) is 20.8 Å². The van der Waals surface area contributed by atoms with Gasteiger partial charge in [-0.1, -0.05) is 27.7 Å². The summed E-state index contributed by atoms with van der Waals surface area (Å²) < 4.78 is 0. The van der Waals surface area contributed by atoms with Crippen molar-refractivity contribution in [1.29, 1.82) is 0 Å². The van der Waals surface area contributed by atoms with Gasteiger partial charge >= 0.3 is 0 Å². The van der Waals surface area contributed by atoms with E-state index in [1.54, 1.807) is 0 Å². The molecule has 0 heterocycles. The summed E-state index contributed by atoms with van der Waals surface area (Å²) in [6.45, 7) is 9.12. The van der Waals surface area contributed by atoms with Crippen LogP contribution in [0.4, 0.5) is 0 Å². The first kappa shape index (κ1) is 16.0. The maximum Gasteiger partial charge on any atom is 0.0540 e. The second-order valence-electron chi connectivity index (χ2n) is 6.87. The molecule has 18 heavy (non-hydrogen) atoms. The minimum Gasteiger partial charge on any atom is -0.393 e. The van der Waals surface area contributed by atoms with Gasteiger partial charge in [-0.05, 0) is 62.2 Å². The van der Waals surface area contributed by atoms with Crippen LogP contribution in [0.25, 0.3) is 0 Å². The zero-order valence-corrected chi connectivity index (χ0v) is 12.7. The first-order valence-electron chi connectivity index (χ1n) is 7.74. The van der Waals surface area contributed by atoms with Crippen molar-refractivity contribution in [2.75, 3.05) is 0 Å². The molecule has 0 amide bonds. The average molecular weight is 256 g/mol. The number of aliphatic hydroxyl groups is 2. The Morgan fingerprint density at radius 2 is 1.67 bits per heavy atom. The van der Waals surface area contributed by atoms with Gasteiger partial charge in [-0.15, -0.1) is 0 Å². The average Bonchev–Trinajstić information content (AvgIpc) is 2.35. The Hall–Kier alpha value is -0.0800. The summed E-state index contributed by atoms with van der Waals surface area (Å²) in [4.78, 5) is 0. The molecule has 1 saturated carbocycles. The maximum absolute atomic E-state index is 9.68. The van der Waals surface area contributed by atoms with Crippen molar-refractivity contribution in [3.8, 4) is 0 Å². The van der Waals surface area contributed by atoms with Crippen molar-refractivity contribution < 1.29 is 10.2 Å². The van der Waals surface area contributed by atoms with Crippen molar-refractivity contribution >= 4 is 0 Å². The Kier molecular flexibility index (Phi) is 6.13. The van der Waals surface area contributed by atoms with Crippen LogP contribution in [0.5, 0.6) is 0 Å². The molecule has 0 radical (unpaired) electrons. The third-order valence-electron chi connectivity index (χ3n) is 5.42. The van der Waals surface area contributed by atoms with Crippen molar-refractivity contribution in [2.24, 2.45) is 17.3 Å². The maximum atomic E-state index is 9.68. The van der Waals surface area contributed by atoms with Gasteiger partial charge in [0.25, 0.3) is 0 Å². The van der Waals surface area contributed by atoms with Gasteiger partial charge in [-0.2, -0.15) is 0 Å². The van der Waals surface area contributed by atoms with Gasteiger partial charge in [0, 0.05) is 0 Å². The molecule has 1 rings (SSSR count). The molecule has 2 unspecified atom stereocenters. The Balaban J connectivity index is 2.45. The highest BCUT2D eigenvalue weighted by Crippen LogP contribution is 2.44. The van der Waals surface area contributed by atoms with Gasteiger partial charge in [0.1, 0.15) is 0 Å². The lowest BCUT2D eigenvalue weighted by Crippen LogP contribution is -2.35. The monoisotopic (exact) mass is 256 g/mol. The molecule has 108 valence electrons. The van der Waals surface area contributed by atoms with Gasteiger partial charge in [0.05, 0.1) is 12.2 Å². The van der Waals surface area contributed by atoms with E-state index in [1.807, 2.05) is 6.92 Å². The van der Waals surface area contributed by atoms with E-state index in [-0.39, 0.29) is 12.2 Å². The molecule has 2 heteroatoms. The van der Waals surface area contributed by atoms with Crippen LogP contribution in [0.15, 0.2) is 0 Å². The van der Waals surface area contributed by atoms with Crippen LogP contribution in [0.2, 0.25) is 0 Å². The van der Waals surface area contributed by atoms with Gasteiger partial charge in [0.15, 0.2) is 0 Å². The van der Waals surface area contributed by atoms with E-state index >= 15 is 0 Å². The highest BCUT2D eigenvalue weighted by Gasteiger charge is 2.36. The van der Waals surface area contributed by atoms with Crippen LogP contribution in [-0.4, -0.2) is 22.4 Å². The van der Waals surface area contributed by atoms with Crippen LogP contribution < -0.4 is 0 Å². The molecule has 0 aliphatic heterocycles. The molecule has 0 aromatic heterocycles. The minimum atomic E-state index is -0.128. The summed E-state index contributed by atoms with van der Waals surface area (Å²) in [5.74, 6) is 1.37. The van der Waals surface area contributed by atoms with Gasteiger partial charge < -0.3 is 10.2 Å². The van der Waals surface area contributed by atoms with E-state index in [0.29, 0.717) is 11.3 Å². The summed E-state index contributed by atoms with van der Waals surface area (Å²) in [6, 6.07) is 0. The fourth-order valence-corrected chi connectivity index (χ4v) is 3.24. The largest absolute Gasteiger partial charge is 0.393 e. The smallest absolute Gasteiger partial charge is 0.0540 e. The lowest BCUT2D eigenvalue weighted by Gasteiger charge is -2.43. The summed E-state index contributed by atoms with van der Waals surface area (Å²) in [7, 11) is 0. The third-order valence-corrected chi connectivity index (χ3v) is 5.42. The lowest BCUT2D eigenvalue weighted by atomic mass is 9.63. The highest BCUT2D eigenvalue weighted by atomic mass is 16.3. The first-order valence-corrected chi connectivity index (χ1v) is 7.74. The van der Waals surface area contributed by atoms with Gasteiger partial charge in [-0.3, -0.25) is 0 Å². The highest BCUT2D eigenvalue weighted by molar-refractivity contribution is 4.86. The first-order chi connectivity index (χ1) is 8.37. The summed E-state index contributed by atoms with van der Waals surface area (Å²) >= 11 is 0. The van der Waals surface area contributed by atoms with Crippen molar-refractivity contribution in [3.05, 3.63) is 0 Å². The van der Waals surface area contributed by atoms with E-state index in [4.69, 9.17) is 0 Å². The molecule has 0 spiro atoms. The minimum absolute atomic E-state index is 0.0609. The summed E-state index contributed by atoms with van der Waals surface area (Å²) in [5.41, 5.74) is 0.327. The number of rotatable bonds is 6. The quantitative estimate of drug-likeness (QED) is 0.760. The fraction of sp³-hybridized carbons (Fsp3) is 1.00. The summed E-state index contributed by atoms with van der Waals surface area (Å²) in [5, 5.41) is 19.3. The van der Waals surface area contributed by atoms with E-state index < -0.39 is 0 Å². The van der Waals surface area contributed by atoms with E-state index in [0.717, 1.165) is 50.9 Å². The predicted molar refractivity (Wildman–Crippen MR) is 76.4 cm³/mol. The van der Waals surface area contributed by atoms with Crippen LogP contribution >= 0.6 is 0 Å². The van der Waals surface area contributed by atoms with Crippen molar-refractivity contribution in [2.45, 2.75) is 84.8 Å². The molecule has 2 nitrogen and oxygen atoms in total. The van der Waals surface area contributed by atoms with Crippen LogP contribution in [0, 0.1) is 17.3 Å². The van der Waals surface area contributed by atoms with Crippen molar-refractivity contribution in [1.82, 2.24) is 0 Å². The molecule has 1 aliphatic carbocycles. The Morgan fingerprint density at radius 1 is 1.11 bits per heavy atom. The zero-order chi connectivity index (χ0) is 13.8. The van der Waals surface area contributed by atoms with Gasteiger partial charge in [0.2, 0.25) is 0 Å². The topological polar surface area (TPSA) is 40.5 Å². The molecule has 1 aliphatic rings. The van der Waals surface area contributed by atoms with E-state index in [1.165, 1.54) is 0 Å². The van der Waals surface area contributed by atoms with Crippen molar-refractivity contribution in [3.63, 3.8) is 0 Å². The fourth-order valence-electron chi connectivity index (χ4n) is 3.24. The molecule has 0 aromatic carbocycles.